The Morgan fingerprint density at radius 3 is 2.58 bits per heavy atom. The summed E-state index contributed by atoms with van der Waals surface area (Å²) in [5.41, 5.74) is 0.0886. The number of rotatable bonds is 6. The van der Waals surface area contributed by atoms with E-state index in [1.807, 2.05) is 0 Å². The highest BCUT2D eigenvalue weighted by Gasteiger charge is 2.39. The molecule has 2 atom stereocenters. The van der Waals surface area contributed by atoms with Crippen LogP contribution in [0.25, 0.3) is 0 Å². The largest absolute Gasteiger partial charge is 0.495 e. The molecule has 0 bridgehead atoms. The van der Waals surface area contributed by atoms with E-state index in [1.54, 1.807) is 13.8 Å². The van der Waals surface area contributed by atoms with E-state index in [2.05, 4.69) is 0 Å². The number of hydrogen-bond acceptors (Lipinski definition) is 6. The van der Waals surface area contributed by atoms with Crippen molar-refractivity contribution in [2.45, 2.75) is 37.6 Å². The van der Waals surface area contributed by atoms with Gasteiger partial charge in [-0.1, -0.05) is 0 Å². The molecule has 9 heteroatoms. The number of carbonyl (C=O) groups is 2. The highest BCUT2D eigenvalue weighted by atomic mass is 32.2. The van der Waals surface area contributed by atoms with Gasteiger partial charge in [0.2, 0.25) is 10.0 Å². The van der Waals surface area contributed by atoms with E-state index in [1.165, 1.54) is 29.6 Å². The highest BCUT2D eigenvalue weighted by Crippen LogP contribution is 2.33. The fraction of sp³-hybridized carbons (Fsp3) is 0.529. The van der Waals surface area contributed by atoms with Crippen LogP contribution in [0.15, 0.2) is 23.1 Å². The number of carboxylic acids is 1. The molecule has 0 radical (unpaired) electrons. The smallest absolute Gasteiger partial charge is 0.338 e. The molecule has 26 heavy (non-hydrogen) atoms. The third kappa shape index (κ3) is 3.99. The molecule has 0 amide bonds. The average molecular weight is 385 g/mol. The van der Waals surface area contributed by atoms with E-state index in [0.29, 0.717) is 12.8 Å². The van der Waals surface area contributed by atoms with Crippen LogP contribution in [-0.2, 0) is 19.6 Å². The van der Waals surface area contributed by atoms with Crippen LogP contribution < -0.4 is 4.74 Å². The molecular weight excluding hydrogens is 362 g/mol. The first-order chi connectivity index (χ1) is 12.2. The molecule has 1 heterocycles. The molecule has 144 valence electrons. The number of benzene rings is 1. The van der Waals surface area contributed by atoms with Crippen LogP contribution in [0, 0.1) is 5.92 Å². The predicted octanol–water partition coefficient (Wildman–Crippen LogP) is 1.75. The third-order valence-electron chi connectivity index (χ3n) is 4.44. The lowest BCUT2D eigenvalue weighted by Gasteiger charge is -2.35. The van der Waals surface area contributed by atoms with Crippen molar-refractivity contribution in [3.05, 3.63) is 23.8 Å². The first kappa shape index (κ1) is 20.2. The Balaban J connectivity index is 2.47. The van der Waals surface area contributed by atoms with Gasteiger partial charge in [0.05, 0.1) is 25.2 Å². The van der Waals surface area contributed by atoms with Crippen molar-refractivity contribution < 1.29 is 32.6 Å². The Kier molecular flexibility index (Phi) is 6.25. The van der Waals surface area contributed by atoms with Crippen LogP contribution in [0.4, 0.5) is 0 Å². The maximum absolute atomic E-state index is 13.2. The lowest BCUT2D eigenvalue weighted by Crippen LogP contribution is -2.47. The minimum Gasteiger partial charge on any atom is -0.495 e. The van der Waals surface area contributed by atoms with Crippen LogP contribution in [0.1, 0.15) is 37.0 Å². The molecular formula is C17H23NO7S. The lowest BCUT2D eigenvalue weighted by molar-refractivity contribution is -0.143. The molecule has 0 aliphatic carbocycles. The first-order valence-electron chi connectivity index (χ1n) is 8.32. The number of piperidine rings is 1. The van der Waals surface area contributed by atoms with Gasteiger partial charge in [0.15, 0.2) is 0 Å². The second kappa shape index (κ2) is 8.05. The van der Waals surface area contributed by atoms with E-state index >= 15 is 0 Å². The lowest BCUT2D eigenvalue weighted by atomic mass is 9.96. The Labute approximate surface area is 152 Å². The van der Waals surface area contributed by atoms with Crippen molar-refractivity contribution in [1.29, 1.82) is 0 Å². The zero-order valence-electron chi connectivity index (χ0n) is 15.0. The van der Waals surface area contributed by atoms with Crippen molar-refractivity contribution in [1.82, 2.24) is 4.31 Å². The summed E-state index contributed by atoms with van der Waals surface area (Å²) in [6.07, 6.45) is 0.860. The van der Waals surface area contributed by atoms with Gasteiger partial charge in [-0.2, -0.15) is 4.31 Å². The summed E-state index contributed by atoms with van der Waals surface area (Å²) in [4.78, 5) is 23.1. The highest BCUT2D eigenvalue weighted by molar-refractivity contribution is 7.89. The summed E-state index contributed by atoms with van der Waals surface area (Å²) in [5, 5.41) is 9.25. The van der Waals surface area contributed by atoms with E-state index in [0.717, 1.165) is 0 Å². The Bertz CT molecular complexity index is 790. The van der Waals surface area contributed by atoms with Gasteiger partial charge in [0.1, 0.15) is 10.6 Å². The number of carboxylic acid groups (broad SMARTS) is 1. The maximum Gasteiger partial charge on any atom is 0.338 e. The normalized spacial score (nSPS) is 21.2. The molecule has 1 aromatic carbocycles. The SMILES string of the molecule is CCOC(=O)c1ccc(OC)c(S(=O)(=O)N2CC(C(=O)O)CCC2C)c1. The van der Waals surface area contributed by atoms with Gasteiger partial charge in [-0.25, -0.2) is 13.2 Å². The van der Waals surface area contributed by atoms with Gasteiger partial charge in [-0.3, -0.25) is 4.79 Å². The standard InChI is InChI=1S/C17H23NO7S/c1-4-25-17(21)12-7-8-14(24-3)15(9-12)26(22,23)18-10-13(16(19)20)6-5-11(18)2/h7-9,11,13H,4-6,10H2,1-3H3,(H,19,20). The molecule has 2 unspecified atom stereocenters. The van der Waals surface area contributed by atoms with Gasteiger partial charge < -0.3 is 14.6 Å². The average Bonchev–Trinajstić information content (AvgIpc) is 2.61. The number of esters is 1. The van der Waals surface area contributed by atoms with E-state index in [4.69, 9.17) is 9.47 Å². The Morgan fingerprint density at radius 1 is 1.31 bits per heavy atom. The van der Waals surface area contributed by atoms with Gasteiger partial charge >= 0.3 is 11.9 Å². The number of ether oxygens (including phenoxy) is 2. The predicted molar refractivity (Wildman–Crippen MR) is 92.7 cm³/mol. The number of methoxy groups -OCH3 is 1. The van der Waals surface area contributed by atoms with Crippen LogP contribution in [0.2, 0.25) is 0 Å². The Morgan fingerprint density at radius 2 is 2.00 bits per heavy atom. The molecule has 2 rings (SSSR count). The molecule has 1 N–H and O–H groups in total. The number of nitrogens with zero attached hydrogens (tertiary/aromatic N) is 1. The molecule has 0 saturated carbocycles. The second-order valence-electron chi connectivity index (χ2n) is 6.12. The molecule has 1 aromatic rings. The van der Waals surface area contributed by atoms with Crippen molar-refractivity contribution in [2.24, 2.45) is 5.92 Å². The molecule has 1 aliphatic rings. The second-order valence-corrected chi connectivity index (χ2v) is 7.98. The van der Waals surface area contributed by atoms with Crippen LogP contribution in [0.5, 0.6) is 5.75 Å². The molecule has 8 nitrogen and oxygen atoms in total. The number of carbonyl (C=O) groups excluding carboxylic acids is 1. The molecule has 1 aliphatic heterocycles. The third-order valence-corrected chi connectivity index (χ3v) is 6.44. The van der Waals surface area contributed by atoms with Gasteiger partial charge in [0.25, 0.3) is 0 Å². The quantitative estimate of drug-likeness (QED) is 0.743. The zero-order chi connectivity index (χ0) is 19.5. The molecule has 0 aromatic heterocycles. The van der Waals surface area contributed by atoms with Crippen molar-refractivity contribution in [3.63, 3.8) is 0 Å². The molecule has 0 spiro atoms. The summed E-state index contributed by atoms with van der Waals surface area (Å²) in [7, 11) is -2.72. The fourth-order valence-electron chi connectivity index (χ4n) is 2.96. The fourth-order valence-corrected chi connectivity index (χ4v) is 4.85. The van der Waals surface area contributed by atoms with Gasteiger partial charge in [-0.15, -0.1) is 0 Å². The number of hydrogen-bond donors (Lipinski definition) is 1. The van der Waals surface area contributed by atoms with E-state index in [9.17, 15) is 23.1 Å². The first-order valence-corrected chi connectivity index (χ1v) is 9.76. The summed E-state index contributed by atoms with van der Waals surface area (Å²) < 4.78 is 37.6. The monoisotopic (exact) mass is 385 g/mol. The minimum atomic E-state index is -4.05. The Hall–Kier alpha value is -2.13. The van der Waals surface area contributed by atoms with Crippen molar-refractivity contribution >= 4 is 22.0 Å². The maximum atomic E-state index is 13.2. The minimum absolute atomic E-state index is 0.0858. The molecule has 1 saturated heterocycles. The van der Waals surface area contributed by atoms with Crippen molar-refractivity contribution in [3.8, 4) is 5.75 Å². The topological polar surface area (TPSA) is 110 Å². The van der Waals surface area contributed by atoms with Gasteiger partial charge in [0, 0.05) is 12.6 Å². The van der Waals surface area contributed by atoms with E-state index in [-0.39, 0.29) is 35.4 Å². The van der Waals surface area contributed by atoms with Crippen LogP contribution in [-0.4, -0.2) is 56.1 Å². The van der Waals surface area contributed by atoms with Crippen LogP contribution in [0.3, 0.4) is 0 Å². The summed E-state index contributed by atoms with van der Waals surface area (Å²) >= 11 is 0. The van der Waals surface area contributed by atoms with Crippen molar-refractivity contribution in [2.75, 3.05) is 20.3 Å². The summed E-state index contributed by atoms with van der Waals surface area (Å²) in [5.74, 6) is -2.34. The van der Waals surface area contributed by atoms with Gasteiger partial charge in [-0.05, 0) is 44.9 Å². The summed E-state index contributed by atoms with van der Waals surface area (Å²) in [6, 6.07) is 3.67. The zero-order valence-corrected chi connectivity index (χ0v) is 15.8. The summed E-state index contributed by atoms with van der Waals surface area (Å²) in [6.45, 7) is 3.43. The number of sulfonamides is 1. The van der Waals surface area contributed by atoms with E-state index < -0.39 is 27.9 Å². The molecule has 1 fully saturated rings. The van der Waals surface area contributed by atoms with Crippen LogP contribution >= 0.6 is 0 Å². The number of aliphatic carboxylic acids is 1.